The van der Waals surface area contributed by atoms with Crippen LogP contribution >= 0.6 is 0 Å². The van der Waals surface area contributed by atoms with Crippen LogP contribution in [0, 0.1) is 0 Å². The van der Waals surface area contributed by atoms with Crippen molar-refractivity contribution >= 4 is 0 Å². The fourth-order valence-electron chi connectivity index (χ4n) is 2.93. The molecule has 0 aliphatic carbocycles. The number of aromatic nitrogens is 2. The second-order valence-corrected chi connectivity index (χ2v) is 5.96. The van der Waals surface area contributed by atoms with Crippen molar-refractivity contribution in [1.82, 2.24) is 19.4 Å². The van der Waals surface area contributed by atoms with Gasteiger partial charge in [-0.2, -0.15) is 0 Å². The van der Waals surface area contributed by atoms with E-state index in [-0.39, 0.29) is 0 Å². The summed E-state index contributed by atoms with van der Waals surface area (Å²) in [4.78, 5) is 8.80. The van der Waals surface area contributed by atoms with E-state index in [2.05, 4.69) is 26.3 Å². The molecule has 1 fully saturated rings. The molecule has 5 heteroatoms. The number of likely N-dealkylation sites (tertiary alicyclic amines) is 1. The number of hydrogen-bond donors (Lipinski definition) is 1. The lowest BCUT2D eigenvalue weighted by Gasteiger charge is -2.26. The maximum atomic E-state index is 10.5. The first-order chi connectivity index (χ1) is 9.02. The molecular formula is C14H26N4O. The van der Waals surface area contributed by atoms with Crippen molar-refractivity contribution in [3.05, 3.63) is 18.2 Å². The molecule has 19 heavy (non-hydrogen) atoms. The summed E-state index contributed by atoms with van der Waals surface area (Å²) in [7, 11) is 4.02. The van der Waals surface area contributed by atoms with E-state index >= 15 is 0 Å². The quantitative estimate of drug-likeness (QED) is 0.827. The van der Waals surface area contributed by atoms with Crippen LogP contribution in [0.3, 0.4) is 0 Å². The van der Waals surface area contributed by atoms with E-state index in [1.807, 2.05) is 26.5 Å². The van der Waals surface area contributed by atoms with Crippen LogP contribution in [0.1, 0.15) is 25.6 Å². The van der Waals surface area contributed by atoms with Crippen molar-refractivity contribution in [2.45, 2.75) is 38.5 Å². The highest BCUT2D eigenvalue weighted by atomic mass is 16.3. The second-order valence-electron chi connectivity index (χ2n) is 5.96. The Balaban J connectivity index is 1.92. The van der Waals surface area contributed by atoms with Crippen LogP contribution in [0.2, 0.25) is 0 Å². The monoisotopic (exact) mass is 266 g/mol. The Morgan fingerprint density at radius 1 is 1.47 bits per heavy atom. The molecule has 0 aromatic carbocycles. The molecule has 1 aromatic rings. The summed E-state index contributed by atoms with van der Waals surface area (Å²) in [6.45, 7) is 6.45. The van der Waals surface area contributed by atoms with Crippen LogP contribution in [0.15, 0.2) is 12.4 Å². The number of aliphatic hydroxyl groups is 1. The molecule has 0 bridgehead atoms. The first kappa shape index (κ1) is 14.5. The maximum absolute atomic E-state index is 10.5. The van der Waals surface area contributed by atoms with Crippen LogP contribution in [-0.4, -0.2) is 63.8 Å². The van der Waals surface area contributed by atoms with Gasteiger partial charge in [0.2, 0.25) is 0 Å². The number of aryl methyl sites for hydroxylation is 1. The lowest BCUT2D eigenvalue weighted by molar-refractivity contribution is 0.0237. The fraction of sp³-hybridized carbons (Fsp3) is 0.786. The van der Waals surface area contributed by atoms with Crippen molar-refractivity contribution in [3.63, 3.8) is 0 Å². The Hall–Kier alpha value is -0.910. The van der Waals surface area contributed by atoms with Crippen molar-refractivity contribution in [1.29, 1.82) is 0 Å². The van der Waals surface area contributed by atoms with Crippen molar-refractivity contribution in [2.75, 3.05) is 33.7 Å². The number of β-amino-alcohol motifs (C(OH)–C–C–N with tert-alkyl or cyclic N) is 1. The minimum Gasteiger partial charge on any atom is -0.387 e. The van der Waals surface area contributed by atoms with Crippen LogP contribution < -0.4 is 0 Å². The Bertz CT molecular complexity index is 404. The molecule has 0 saturated carbocycles. The predicted octanol–water partition coefficient (Wildman–Crippen LogP) is 0.791. The van der Waals surface area contributed by atoms with Gasteiger partial charge < -0.3 is 14.6 Å². The van der Waals surface area contributed by atoms with Gasteiger partial charge in [-0.15, -0.1) is 0 Å². The molecule has 0 amide bonds. The number of imidazole rings is 1. The minimum atomic E-state index is -0.564. The third-order valence-corrected chi connectivity index (χ3v) is 3.65. The highest BCUT2D eigenvalue weighted by Crippen LogP contribution is 2.23. The Kier molecular flexibility index (Phi) is 4.60. The average Bonchev–Trinajstić information content (AvgIpc) is 2.87. The van der Waals surface area contributed by atoms with E-state index in [0.29, 0.717) is 0 Å². The van der Waals surface area contributed by atoms with Gasteiger partial charge in [-0.05, 0) is 26.9 Å². The molecule has 1 aromatic heterocycles. The van der Waals surface area contributed by atoms with E-state index < -0.39 is 5.60 Å². The van der Waals surface area contributed by atoms with Crippen LogP contribution in [-0.2, 0) is 13.1 Å². The Labute approximate surface area is 115 Å². The molecule has 1 aliphatic heterocycles. The first-order valence-corrected chi connectivity index (χ1v) is 7.12. The van der Waals surface area contributed by atoms with Gasteiger partial charge in [-0.1, -0.05) is 6.92 Å². The molecule has 1 saturated heterocycles. The number of hydrogen-bond acceptors (Lipinski definition) is 4. The summed E-state index contributed by atoms with van der Waals surface area (Å²) < 4.78 is 2.21. The summed E-state index contributed by atoms with van der Waals surface area (Å²) in [6.07, 6.45) is 5.88. The molecule has 1 aliphatic rings. The molecule has 1 N–H and O–H groups in total. The van der Waals surface area contributed by atoms with Gasteiger partial charge >= 0.3 is 0 Å². The van der Waals surface area contributed by atoms with E-state index in [0.717, 1.165) is 51.4 Å². The van der Waals surface area contributed by atoms with Crippen molar-refractivity contribution < 1.29 is 5.11 Å². The van der Waals surface area contributed by atoms with Crippen LogP contribution in [0.4, 0.5) is 0 Å². The molecule has 2 rings (SSSR count). The van der Waals surface area contributed by atoms with Gasteiger partial charge in [0, 0.05) is 38.6 Å². The molecule has 0 radical (unpaired) electrons. The zero-order valence-corrected chi connectivity index (χ0v) is 12.3. The SMILES string of the molecule is CCCn1ccnc1CN1CC[C@](O)(CN(C)C)C1. The van der Waals surface area contributed by atoms with E-state index in [9.17, 15) is 5.11 Å². The zero-order chi connectivity index (χ0) is 13.9. The van der Waals surface area contributed by atoms with Gasteiger partial charge in [-0.3, -0.25) is 4.90 Å². The topological polar surface area (TPSA) is 44.5 Å². The Morgan fingerprint density at radius 2 is 2.26 bits per heavy atom. The smallest absolute Gasteiger partial charge is 0.122 e. The predicted molar refractivity (Wildman–Crippen MR) is 75.9 cm³/mol. The van der Waals surface area contributed by atoms with Crippen LogP contribution in [0.5, 0.6) is 0 Å². The summed E-state index contributed by atoms with van der Waals surface area (Å²) in [6, 6.07) is 0. The maximum Gasteiger partial charge on any atom is 0.122 e. The third-order valence-electron chi connectivity index (χ3n) is 3.65. The highest BCUT2D eigenvalue weighted by molar-refractivity contribution is 4.97. The largest absolute Gasteiger partial charge is 0.387 e. The molecule has 0 unspecified atom stereocenters. The van der Waals surface area contributed by atoms with E-state index in [1.54, 1.807) is 0 Å². The van der Waals surface area contributed by atoms with Gasteiger partial charge in [-0.25, -0.2) is 4.98 Å². The zero-order valence-electron chi connectivity index (χ0n) is 12.3. The first-order valence-electron chi connectivity index (χ1n) is 7.12. The van der Waals surface area contributed by atoms with Crippen molar-refractivity contribution in [3.8, 4) is 0 Å². The molecule has 2 heterocycles. The van der Waals surface area contributed by atoms with E-state index in [1.165, 1.54) is 0 Å². The summed E-state index contributed by atoms with van der Waals surface area (Å²) in [5.74, 6) is 1.11. The Morgan fingerprint density at radius 3 is 2.95 bits per heavy atom. The molecular weight excluding hydrogens is 240 g/mol. The lowest BCUT2D eigenvalue weighted by atomic mass is 10.0. The summed E-state index contributed by atoms with van der Waals surface area (Å²) in [5, 5.41) is 10.5. The van der Waals surface area contributed by atoms with Crippen LogP contribution in [0.25, 0.3) is 0 Å². The second kappa shape index (κ2) is 6.03. The fourth-order valence-corrected chi connectivity index (χ4v) is 2.93. The highest BCUT2D eigenvalue weighted by Gasteiger charge is 2.36. The number of nitrogens with zero attached hydrogens (tertiary/aromatic N) is 4. The van der Waals surface area contributed by atoms with Crippen molar-refractivity contribution in [2.24, 2.45) is 0 Å². The lowest BCUT2D eigenvalue weighted by Crippen LogP contribution is -2.42. The summed E-state index contributed by atoms with van der Waals surface area (Å²) >= 11 is 0. The molecule has 5 nitrogen and oxygen atoms in total. The number of rotatable bonds is 6. The van der Waals surface area contributed by atoms with Gasteiger partial charge in [0.15, 0.2) is 0 Å². The molecule has 1 atom stereocenters. The number of likely N-dealkylation sites (N-methyl/N-ethyl adjacent to an activating group) is 1. The molecule has 0 spiro atoms. The standard InChI is InChI=1S/C14H26N4O/c1-4-7-18-9-6-15-13(18)10-17-8-5-14(19,12-17)11-16(2)3/h6,9,19H,4-5,7-8,10-12H2,1-3H3/t14-/m0/s1. The van der Waals surface area contributed by atoms with Gasteiger partial charge in [0.1, 0.15) is 5.82 Å². The van der Waals surface area contributed by atoms with Gasteiger partial charge in [0.25, 0.3) is 0 Å². The van der Waals surface area contributed by atoms with E-state index in [4.69, 9.17) is 0 Å². The minimum absolute atomic E-state index is 0.564. The van der Waals surface area contributed by atoms with Gasteiger partial charge in [0.05, 0.1) is 12.1 Å². The summed E-state index contributed by atoms with van der Waals surface area (Å²) in [5.41, 5.74) is -0.564. The normalized spacial score (nSPS) is 24.5. The molecule has 108 valence electrons. The third kappa shape index (κ3) is 3.78. The average molecular weight is 266 g/mol.